The molecule has 0 radical (unpaired) electrons. The number of hydrogen-bond acceptors (Lipinski definition) is 4. The molecule has 2 heterocycles. The van der Waals surface area contributed by atoms with Crippen molar-refractivity contribution in [3.63, 3.8) is 0 Å². The zero-order valence-electron chi connectivity index (χ0n) is 17.0. The lowest BCUT2D eigenvalue weighted by Gasteiger charge is -2.17. The molecule has 2 aromatic carbocycles. The number of anilines is 1. The predicted octanol–water partition coefficient (Wildman–Crippen LogP) is 6.28. The lowest BCUT2D eigenvalue weighted by molar-refractivity contribution is -0.205. The van der Waals surface area contributed by atoms with Crippen LogP contribution >= 0.6 is 23.2 Å². The van der Waals surface area contributed by atoms with Gasteiger partial charge in [0.2, 0.25) is 6.10 Å². The van der Waals surface area contributed by atoms with E-state index in [-0.39, 0.29) is 26.9 Å². The molecule has 3 aromatic rings. The highest BCUT2D eigenvalue weighted by atomic mass is 35.5. The molecule has 0 aliphatic carbocycles. The summed E-state index contributed by atoms with van der Waals surface area (Å²) in [7, 11) is 0. The molecular formula is C23H16Cl2F3N3O2. The number of nitrogens with one attached hydrogen (secondary N) is 2. The molecule has 1 amide bonds. The zero-order valence-corrected chi connectivity index (χ0v) is 18.5. The van der Waals surface area contributed by atoms with Crippen LogP contribution in [0.2, 0.25) is 10.0 Å². The van der Waals surface area contributed by atoms with Crippen LogP contribution in [-0.2, 0) is 4.84 Å². The molecule has 1 atom stereocenters. The fraction of sp³-hybridized carbons (Fsp3) is 0.130. The Hall–Kier alpha value is -3.07. The summed E-state index contributed by atoms with van der Waals surface area (Å²) in [5.41, 5.74) is 4.35. The number of alkyl halides is 3. The largest absolute Gasteiger partial charge is 0.421 e. The molecule has 170 valence electrons. The van der Waals surface area contributed by atoms with Gasteiger partial charge in [0, 0.05) is 39.3 Å². The Morgan fingerprint density at radius 2 is 1.82 bits per heavy atom. The van der Waals surface area contributed by atoms with Crippen molar-refractivity contribution in [3.05, 3.63) is 93.2 Å². The fourth-order valence-corrected chi connectivity index (χ4v) is 3.94. The van der Waals surface area contributed by atoms with Crippen LogP contribution in [0.4, 0.5) is 18.9 Å². The van der Waals surface area contributed by atoms with Crippen molar-refractivity contribution in [1.82, 2.24) is 10.5 Å². The number of halogens is 5. The normalized spacial score (nSPS) is 16.0. The third-order valence-corrected chi connectivity index (χ3v) is 5.42. The van der Waals surface area contributed by atoms with Gasteiger partial charge in [-0.05, 0) is 54.4 Å². The molecule has 1 aliphatic heterocycles. The highest BCUT2D eigenvalue weighted by Crippen LogP contribution is 2.42. The van der Waals surface area contributed by atoms with Crippen molar-refractivity contribution >= 4 is 46.1 Å². The van der Waals surface area contributed by atoms with Crippen LogP contribution in [0.25, 0.3) is 11.3 Å². The number of aryl methyl sites for hydroxylation is 1. The van der Waals surface area contributed by atoms with Crippen LogP contribution in [0.5, 0.6) is 0 Å². The number of hydroxylamine groups is 1. The van der Waals surface area contributed by atoms with Gasteiger partial charge in [0.25, 0.3) is 5.91 Å². The van der Waals surface area contributed by atoms with E-state index < -0.39 is 18.2 Å². The fourth-order valence-electron chi connectivity index (χ4n) is 3.42. The quantitative estimate of drug-likeness (QED) is 0.448. The summed E-state index contributed by atoms with van der Waals surface area (Å²) >= 11 is 12.1. The number of benzene rings is 2. The van der Waals surface area contributed by atoms with Crippen LogP contribution in [-0.4, -0.2) is 23.2 Å². The molecule has 0 bridgehead atoms. The summed E-state index contributed by atoms with van der Waals surface area (Å²) in [4.78, 5) is 21.4. The summed E-state index contributed by atoms with van der Waals surface area (Å²) in [5.74, 6) is -0.400. The summed E-state index contributed by atoms with van der Waals surface area (Å²) in [6, 6.07) is 12.3. The minimum atomic E-state index is -4.69. The smallest absolute Gasteiger partial charge is 0.322 e. The Morgan fingerprint density at radius 1 is 1.09 bits per heavy atom. The molecule has 33 heavy (non-hydrogen) atoms. The molecule has 1 aliphatic rings. The van der Waals surface area contributed by atoms with Gasteiger partial charge in [-0.15, -0.1) is 0 Å². The first-order chi connectivity index (χ1) is 15.6. The first-order valence-electron chi connectivity index (χ1n) is 9.65. The number of amides is 1. The minimum absolute atomic E-state index is 0.0903. The highest BCUT2D eigenvalue weighted by molar-refractivity contribution is 6.35. The number of carbonyl (C=O) groups excluding carboxylic acids is 1. The number of carbonyl (C=O) groups is 1. The second-order valence-corrected chi connectivity index (χ2v) is 8.19. The van der Waals surface area contributed by atoms with E-state index in [1.807, 2.05) is 0 Å². The molecule has 10 heteroatoms. The molecule has 1 unspecified atom stereocenters. The third-order valence-electron chi connectivity index (χ3n) is 4.98. The van der Waals surface area contributed by atoms with Crippen molar-refractivity contribution in [2.45, 2.75) is 19.2 Å². The maximum atomic E-state index is 13.8. The number of nitrogens with zero attached hydrogens (tertiary/aromatic N) is 1. The van der Waals surface area contributed by atoms with E-state index in [0.29, 0.717) is 16.8 Å². The molecule has 0 fully saturated rings. The Morgan fingerprint density at radius 3 is 2.45 bits per heavy atom. The Balaban J connectivity index is 1.80. The molecule has 0 saturated carbocycles. The molecule has 5 nitrogen and oxygen atoms in total. The molecular weight excluding hydrogens is 478 g/mol. The van der Waals surface area contributed by atoms with Gasteiger partial charge in [0.05, 0.1) is 11.3 Å². The van der Waals surface area contributed by atoms with Gasteiger partial charge in [-0.25, -0.2) is 0 Å². The van der Waals surface area contributed by atoms with E-state index in [4.69, 9.17) is 28.0 Å². The standard InChI is InChI=1S/C23H16Cl2F3N3O2/c1-12-4-5-13(9-18(12)30-22(32)14-3-2-6-29-11-14)20-19(21(33-31-20)23(26,27)28)15-7-16(24)10-17(25)8-15/h2-11,21,31H,1H3,(H,30,32). The van der Waals surface area contributed by atoms with E-state index in [1.54, 1.807) is 43.5 Å². The second-order valence-electron chi connectivity index (χ2n) is 7.31. The van der Waals surface area contributed by atoms with Crippen molar-refractivity contribution in [1.29, 1.82) is 0 Å². The average Bonchev–Trinajstić information content (AvgIpc) is 3.21. The van der Waals surface area contributed by atoms with Gasteiger partial charge < -0.3 is 5.32 Å². The average molecular weight is 494 g/mol. The van der Waals surface area contributed by atoms with E-state index in [1.165, 1.54) is 24.4 Å². The Kier molecular flexibility index (Phi) is 6.34. The predicted molar refractivity (Wildman–Crippen MR) is 121 cm³/mol. The van der Waals surface area contributed by atoms with E-state index >= 15 is 0 Å². The first kappa shape index (κ1) is 23.1. The molecule has 1 aromatic heterocycles. The summed E-state index contributed by atoms with van der Waals surface area (Å²) in [6.45, 7) is 1.77. The minimum Gasteiger partial charge on any atom is -0.322 e. The SMILES string of the molecule is Cc1ccc(C2=C(c3cc(Cl)cc(Cl)c3)C(C(F)(F)F)ON2)cc1NC(=O)c1cccnc1. The van der Waals surface area contributed by atoms with E-state index in [0.717, 1.165) is 5.56 Å². The number of hydrogen-bond donors (Lipinski definition) is 2. The van der Waals surface area contributed by atoms with E-state index in [2.05, 4.69) is 15.8 Å². The van der Waals surface area contributed by atoms with Crippen molar-refractivity contribution < 1.29 is 22.8 Å². The Bertz CT molecular complexity index is 1230. The first-order valence-corrected chi connectivity index (χ1v) is 10.4. The third kappa shape index (κ3) is 4.98. The van der Waals surface area contributed by atoms with Gasteiger partial charge in [-0.3, -0.25) is 20.1 Å². The van der Waals surface area contributed by atoms with Crippen LogP contribution in [0.15, 0.2) is 60.9 Å². The van der Waals surface area contributed by atoms with Crippen LogP contribution in [0.3, 0.4) is 0 Å². The van der Waals surface area contributed by atoms with Crippen LogP contribution < -0.4 is 10.8 Å². The van der Waals surface area contributed by atoms with Gasteiger partial charge in [-0.1, -0.05) is 35.3 Å². The topological polar surface area (TPSA) is 63.2 Å². The molecule has 2 N–H and O–H groups in total. The number of aromatic nitrogens is 1. The van der Waals surface area contributed by atoms with Crippen LogP contribution in [0, 0.1) is 6.92 Å². The highest BCUT2D eigenvalue weighted by Gasteiger charge is 2.48. The lowest BCUT2D eigenvalue weighted by Crippen LogP contribution is -2.31. The van der Waals surface area contributed by atoms with Crippen LogP contribution in [0.1, 0.15) is 27.0 Å². The van der Waals surface area contributed by atoms with Crippen molar-refractivity contribution in [3.8, 4) is 0 Å². The van der Waals surface area contributed by atoms with Gasteiger partial charge in [0.1, 0.15) is 0 Å². The van der Waals surface area contributed by atoms with Gasteiger partial charge in [-0.2, -0.15) is 13.2 Å². The van der Waals surface area contributed by atoms with E-state index in [9.17, 15) is 18.0 Å². The lowest BCUT2D eigenvalue weighted by atomic mass is 9.95. The number of pyridine rings is 1. The van der Waals surface area contributed by atoms with Crippen molar-refractivity contribution in [2.24, 2.45) is 0 Å². The zero-order chi connectivity index (χ0) is 23.8. The number of rotatable bonds is 4. The Labute approximate surface area is 197 Å². The van der Waals surface area contributed by atoms with Crippen molar-refractivity contribution in [2.75, 3.05) is 5.32 Å². The summed E-state index contributed by atoms with van der Waals surface area (Å²) in [5, 5.41) is 3.14. The second kappa shape index (κ2) is 9.05. The summed E-state index contributed by atoms with van der Waals surface area (Å²) < 4.78 is 41.3. The monoisotopic (exact) mass is 493 g/mol. The molecule has 0 spiro atoms. The maximum absolute atomic E-state index is 13.8. The summed E-state index contributed by atoms with van der Waals surface area (Å²) in [6.07, 6.45) is -3.97. The van der Waals surface area contributed by atoms with Gasteiger partial charge in [0.15, 0.2) is 0 Å². The molecule has 0 saturated heterocycles. The maximum Gasteiger partial charge on any atom is 0.421 e. The van der Waals surface area contributed by atoms with Gasteiger partial charge >= 0.3 is 6.18 Å². The molecule has 4 rings (SSSR count).